The molecule has 1 aliphatic heterocycles. The molecule has 4 heteroatoms. The second-order valence-corrected chi connectivity index (χ2v) is 2.00. The summed E-state index contributed by atoms with van der Waals surface area (Å²) in [4.78, 5) is 0. The van der Waals surface area contributed by atoms with E-state index in [0.29, 0.717) is 6.54 Å². The first-order chi connectivity index (χ1) is 3.84. The van der Waals surface area contributed by atoms with Gasteiger partial charge in [-0.3, -0.25) is 0 Å². The van der Waals surface area contributed by atoms with Gasteiger partial charge >= 0.3 is 0 Å². The van der Waals surface area contributed by atoms with Crippen molar-refractivity contribution in [2.75, 3.05) is 20.2 Å². The Morgan fingerprint density at radius 1 is 1.56 bits per heavy atom. The van der Waals surface area contributed by atoms with Gasteiger partial charge < -0.3 is 15.2 Å². The molecule has 0 aliphatic carbocycles. The van der Waals surface area contributed by atoms with Crippen molar-refractivity contribution in [3.63, 3.8) is 0 Å². The number of ether oxygens (including phenoxy) is 1. The summed E-state index contributed by atoms with van der Waals surface area (Å²) in [6.07, 6.45) is -0.296. The molecule has 0 saturated carbocycles. The summed E-state index contributed by atoms with van der Waals surface area (Å²) in [5.41, 5.74) is 0. The van der Waals surface area contributed by atoms with E-state index in [1.165, 1.54) is 0 Å². The Hall–Kier alpha value is 0.170. The van der Waals surface area contributed by atoms with Gasteiger partial charge in [0.15, 0.2) is 0 Å². The summed E-state index contributed by atoms with van der Waals surface area (Å²) in [6.45, 7) is 1.44. The predicted molar refractivity (Wildman–Crippen MR) is 36.9 cm³/mol. The molecule has 56 valence electrons. The van der Waals surface area contributed by atoms with Crippen LogP contribution >= 0.6 is 12.4 Å². The normalized spacial score (nSPS) is 34.0. The topological polar surface area (TPSA) is 41.5 Å². The quantitative estimate of drug-likeness (QED) is 0.528. The summed E-state index contributed by atoms with van der Waals surface area (Å²) in [6, 6.07) is 0. The molecule has 0 bridgehead atoms. The van der Waals surface area contributed by atoms with Gasteiger partial charge in [-0.2, -0.15) is 0 Å². The van der Waals surface area contributed by atoms with Gasteiger partial charge in [0.1, 0.15) is 0 Å². The van der Waals surface area contributed by atoms with Crippen LogP contribution in [0, 0.1) is 0 Å². The fourth-order valence-corrected chi connectivity index (χ4v) is 0.881. The van der Waals surface area contributed by atoms with Crippen LogP contribution in [0.5, 0.6) is 0 Å². The maximum Gasteiger partial charge on any atom is 0.0966 e. The number of halogens is 1. The molecule has 1 fully saturated rings. The van der Waals surface area contributed by atoms with Crippen LogP contribution in [0.1, 0.15) is 0 Å². The second kappa shape index (κ2) is 4.06. The molecule has 0 aromatic carbocycles. The maximum absolute atomic E-state index is 9.00. The Balaban J connectivity index is 0.000000640. The summed E-state index contributed by atoms with van der Waals surface area (Å²) in [5, 5.41) is 12.0. The zero-order valence-electron chi connectivity index (χ0n) is 5.33. The molecule has 1 rings (SSSR count). The average Bonchev–Trinajstić information content (AvgIpc) is 2.14. The Labute approximate surface area is 60.8 Å². The van der Waals surface area contributed by atoms with Gasteiger partial charge in [-0.25, -0.2) is 0 Å². The van der Waals surface area contributed by atoms with E-state index in [4.69, 9.17) is 9.84 Å². The molecule has 1 saturated heterocycles. The van der Waals surface area contributed by atoms with E-state index in [1.54, 1.807) is 7.11 Å². The van der Waals surface area contributed by atoms with Crippen LogP contribution in [-0.4, -0.2) is 37.5 Å². The summed E-state index contributed by atoms with van der Waals surface area (Å²) < 4.78 is 4.91. The zero-order valence-corrected chi connectivity index (χ0v) is 6.15. The number of methoxy groups -OCH3 is 1. The largest absolute Gasteiger partial charge is 0.389 e. The summed E-state index contributed by atoms with van der Waals surface area (Å²) >= 11 is 0. The Morgan fingerprint density at radius 3 is 2.44 bits per heavy atom. The third-order valence-electron chi connectivity index (χ3n) is 1.43. The van der Waals surface area contributed by atoms with Gasteiger partial charge in [-0.15, -0.1) is 12.4 Å². The number of hydrogen-bond donors (Lipinski definition) is 2. The molecule has 0 amide bonds. The zero-order chi connectivity index (χ0) is 5.98. The molecule has 9 heavy (non-hydrogen) atoms. The maximum atomic E-state index is 9.00. The van der Waals surface area contributed by atoms with Gasteiger partial charge in [0.2, 0.25) is 0 Å². The first-order valence-corrected chi connectivity index (χ1v) is 2.76. The van der Waals surface area contributed by atoms with Crippen LogP contribution in [0.15, 0.2) is 0 Å². The third kappa shape index (κ3) is 2.10. The smallest absolute Gasteiger partial charge is 0.0966 e. The van der Waals surface area contributed by atoms with E-state index in [2.05, 4.69) is 5.32 Å². The number of β-amino-alcohol motifs (C(OH)–C–C–N with tert-alkyl or cyclic N) is 1. The molecule has 0 spiro atoms. The lowest BCUT2D eigenvalue weighted by Crippen LogP contribution is -2.25. The van der Waals surface area contributed by atoms with Crippen molar-refractivity contribution >= 4 is 12.4 Å². The Morgan fingerprint density at radius 2 is 2.22 bits per heavy atom. The lowest BCUT2D eigenvalue weighted by Gasteiger charge is -2.08. The van der Waals surface area contributed by atoms with Crippen molar-refractivity contribution in [1.82, 2.24) is 5.32 Å². The molecular weight excluding hydrogens is 142 g/mol. The number of aliphatic hydroxyl groups excluding tert-OH is 1. The first-order valence-electron chi connectivity index (χ1n) is 2.76. The van der Waals surface area contributed by atoms with Crippen molar-refractivity contribution < 1.29 is 9.84 Å². The minimum Gasteiger partial charge on any atom is -0.389 e. The molecule has 0 radical (unpaired) electrons. The highest BCUT2D eigenvalue weighted by Crippen LogP contribution is 2.01. The Kier molecular flexibility index (Phi) is 4.14. The average molecular weight is 154 g/mol. The minimum atomic E-state index is -0.306. The molecular formula is C5H12ClNO2. The van der Waals surface area contributed by atoms with Crippen LogP contribution < -0.4 is 5.32 Å². The number of aliphatic hydroxyl groups is 1. The van der Waals surface area contributed by atoms with Gasteiger partial charge in [0, 0.05) is 20.2 Å². The van der Waals surface area contributed by atoms with Gasteiger partial charge in [0.25, 0.3) is 0 Å². The summed E-state index contributed by atoms with van der Waals surface area (Å²) in [5.74, 6) is 0. The third-order valence-corrected chi connectivity index (χ3v) is 1.43. The van der Waals surface area contributed by atoms with Gasteiger partial charge in [-0.05, 0) is 0 Å². The van der Waals surface area contributed by atoms with E-state index in [0.717, 1.165) is 6.54 Å². The van der Waals surface area contributed by atoms with Crippen molar-refractivity contribution in [3.8, 4) is 0 Å². The van der Waals surface area contributed by atoms with E-state index in [-0.39, 0.29) is 24.6 Å². The lowest BCUT2D eigenvalue weighted by molar-refractivity contribution is 0.0217. The van der Waals surface area contributed by atoms with E-state index < -0.39 is 0 Å². The molecule has 0 aromatic heterocycles. The van der Waals surface area contributed by atoms with Crippen molar-refractivity contribution in [2.24, 2.45) is 0 Å². The highest BCUT2D eigenvalue weighted by Gasteiger charge is 2.23. The van der Waals surface area contributed by atoms with E-state index in [1.807, 2.05) is 0 Å². The van der Waals surface area contributed by atoms with Crippen LogP contribution in [0.4, 0.5) is 0 Å². The highest BCUT2D eigenvalue weighted by atomic mass is 35.5. The molecule has 3 nitrogen and oxygen atoms in total. The van der Waals surface area contributed by atoms with Crippen LogP contribution in [0.3, 0.4) is 0 Å². The van der Waals surface area contributed by atoms with E-state index >= 15 is 0 Å². The SMILES string of the molecule is CO[C@@H]1CNC[C@H]1O.Cl. The molecule has 0 aromatic rings. The molecule has 1 heterocycles. The fraction of sp³-hybridized carbons (Fsp3) is 1.00. The molecule has 1 aliphatic rings. The lowest BCUT2D eigenvalue weighted by atomic mass is 10.3. The van der Waals surface area contributed by atoms with Crippen LogP contribution in [0.25, 0.3) is 0 Å². The monoisotopic (exact) mass is 153 g/mol. The van der Waals surface area contributed by atoms with Gasteiger partial charge in [0.05, 0.1) is 12.2 Å². The molecule has 2 atom stereocenters. The molecule has 0 unspecified atom stereocenters. The number of rotatable bonds is 1. The van der Waals surface area contributed by atoms with Crippen LogP contribution in [0.2, 0.25) is 0 Å². The number of hydrogen-bond acceptors (Lipinski definition) is 3. The standard InChI is InChI=1S/C5H11NO2.ClH/c1-8-5-3-6-2-4(5)7;/h4-7H,2-3H2,1H3;1H/t4-,5-;/m1./s1. The summed E-state index contributed by atoms with van der Waals surface area (Å²) in [7, 11) is 1.61. The predicted octanol–water partition coefficient (Wildman–Crippen LogP) is -0.613. The molecule has 2 N–H and O–H groups in total. The van der Waals surface area contributed by atoms with Crippen molar-refractivity contribution in [3.05, 3.63) is 0 Å². The van der Waals surface area contributed by atoms with E-state index in [9.17, 15) is 0 Å². The minimum absolute atomic E-state index is 0. The highest BCUT2D eigenvalue weighted by molar-refractivity contribution is 5.85. The second-order valence-electron chi connectivity index (χ2n) is 2.00. The van der Waals surface area contributed by atoms with Crippen molar-refractivity contribution in [2.45, 2.75) is 12.2 Å². The fourth-order valence-electron chi connectivity index (χ4n) is 0.881. The first kappa shape index (κ1) is 9.17. The van der Waals surface area contributed by atoms with Crippen molar-refractivity contribution in [1.29, 1.82) is 0 Å². The van der Waals surface area contributed by atoms with Gasteiger partial charge in [-0.1, -0.05) is 0 Å². The number of nitrogens with one attached hydrogen (secondary N) is 1. The van der Waals surface area contributed by atoms with Crippen LogP contribution in [-0.2, 0) is 4.74 Å². The Bertz CT molecular complexity index is 81.4.